The first-order valence-electron chi connectivity index (χ1n) is 9.03. The molecule has 0 atom stereocenters. The molecule has 0 aliphatic carbocycles. The third-order valence-electron chi connectivity index (χ3n) is 4.35. The fourth-order valence-electron chi connectivity index (χ4n) is 2.94. The van der Waals surface area contributed by atoms with E-state index in [0.717, 1.165) is 17.5 Å². The van der Waals surface area contributed by atoms with E-state index in [9.17, 15) is 8.42 Å². The minimum absolute atomic E-state index is 0.239. The monoisotopic (exact) mass is 383 g/mol. The predicted molar refractivity (Wildman–Crippen MR) is 108 cm³/mol. The van der Waals surface area contributed by atoms with Crippen molar-refractivity contribution in [3.63, 3.8) is 0 Å². The maximum Gasteiger partial charge on any atom is 0.263 e. The van der Waals surface area contributed by atoms with Crippen LogP contribution < -0.4 is 4.72 Å². The van der Waals surface area contributed by atoms with E-state index in [0.29, 0.717) is 18.3 Å². The van der Waals surface area contributed by atoms with Gasteiger partial charge in [0.05, 0.1) is 11.4 Å². The molecule has 1 aromatic heterocycles. The van der Waals surface area contributed by atoms with E-state index >= 15 is 0 Å². The van der Waals surface area contributed by atoms with Crippen molar-refractivity contribution < 1.29 is 8.42 Å². The molecule has 0 saturated heterocycles. The Balaban J connectivity index is 1.71. The Labute approximate surface area is 161 Å². The lowest BCUT2D eigenvalue weighted by molar-refractivity contribution is 0.600. The van der Waals surface area contributed by atoms with Gasteiger partial charge >= 0.3 is 0 Å². The zero-order valence-electron chi connectivity index (χ0n) is 15.9. The second-order valence-corrected chi connectivity index (χ2v) is 8.85. The molecule has 0 saturated carbocycles. The highest BCUT2D eigenvalue weighted by Gasteiger charge is 2.16. The first-order chi connectivity index (χ1) is 12.8. The van der Waals surface area contributed by atoms with Crippen LogP contribution >= 0.6 is 0 Å². The van der Waals surface area contributed by atoms with Crippen LogP contribution in [0.5, 0.6) is 0 Å². The van der Waals surface area contributed by atoms with Gasteiger partial charge in [-0.3, -0.25) is 9.40 Å². The Kier molecular flexibility index (Phi) is 5.65. The van der Waals surface area contributed by atoms with Crippen LogP contribution in [0.1, 0.15) is 30.5 Å². The topological polar surface area (TPSA) is 64.0 Å². The van der Waals surface area contributed by atoms with Crippen LogP contribution in [0.15, 0.2) is 65.7 Å². The summed E-state index contributed by atoms with van der Waals surface area (Å²) in [6.45, 7) is 6.92. The van der Waals surface area contributed by atoms with Crippen molar-refractivity contribution in [1.29, 1.82) is 0 Å². The number of hydrogen-bond acceptors (Lipinski definition) is 3. The number of nitrogens with zero attached hydrogens (tertiary/aromatic N) is 2. The first kappa shape index (κ1) is 19.2. The highest BCUT2D eigenvalue weighted by atomic mass is 32.2. The van der Waals surface area contributed by atoms with Gasteiger partial charge in [-0.15, -0.1) is 0 Å². The first-order valence-corrected chi connectivity index (χ1v) is 10.5. The SMILES string of the molecule is Cc1ccccc1Cn1ccc(NS(=O)(=O)c2ccc(CC(C)C)cc2)n1. The Morgan fingerprint density at radius 2 is 1.74 bits per heavy atom. The number of aryl methyl sites for hydroxylation is 1. The molecular formula is C21H25N3O2S. The van der Waals surface area contributed by atoms with E-state index < -0.39 is 10.0 Å². The summed E-state index contributed by atoms with van der Waals surface area (Å²) in [5.74, 6) is 0.845. The maximum absolute atomic E-state index is 12.6. The Bertz CT molecular complexity index is 1010. The van der Waals surface area contributed by atoms with Gasteiger partial charge in [0.15, 0.2) is 5.82 Å². The van der Waals surface area contributed by atoms with Gasteiger partial charge < -0.3 is 0 Å². The third-order valence-corrected chi connectivity index (χ3v) is 5.72. The molecule has 27 heavy (non-hydrogen) atoms. The molecule has 3 aromatic rings. The molecule has 0 fully saturated rings. The van der Waals surface area contributed by atoms with Crippen molar-refractivity contribution in [1.82, 2.24) is 9.78 Å². The van der Waals surface area contributed by atoms with Crippen molar-refractivity contribution in [2.75, 3.05) is 4.72 Å². The smallest absolute Gasteiger partial charge is 0.263 e. The highest BCUT2D eigenvalue weighted by molar-refractivity contribution is 7.92. The molecule has 142 valence electrons. The quantitative estimate of drug-likeness (QED) is 0.664. The molecule has 1 N–H and O–H groups in total. The fraction of sp³-hybridized carbons (Fsp3) is 0.286. The number of benzene rings is 2. The van der Waals surface area contributed by atoms with Crippen molar-refractivity contribution >= 4 is 15.8 Å². The molecular weight excluding hydrogens is 358 g/mol. The van der Waals surface area contributed by atoms with E-state index in [1.165, 1.54) is 5.56 Å². The van der Waals surface area contributed by atoms with Crippen LogP contribution in [0.4, 0.5) is 5.82 Å². The zero-order chi connectivity index (χ0) is 19.4. The second-order valence-electron chi connectivity index (χ2n) is 7.17. The van der Waals surface area contributed by atoms with Gasteiger partial charge in [0, 0.05) is 12.3 Å². The molecule has 0 aliphatic heterocycles. The van der Waals surface area contributed by atoms with Crippen LogP contribution in [0, 0.1) is 12.8 Å². The number of nitrogens with one attached hydrogen (secondary N) is 1. The van der Waals surface area contributed by atoms with Crippen LogP contribution in [0.3, 0.4) is 0 Å². The average Bonchev–Trinajstić information content (AvgIpc) is 3.03. The molecule has 2 aromatic carbocycles. The van der Waals surface area contributed by atoms with Crippen molar-refractivity contribution in [3.8, 4) is 0 Å². The maximum atomic E-state index is 12.6. The number of sulfonamides is 1. The summed E-state index contributed by atoms with van der Waals surface area (Å²) in [6.07, 6.45) is 2.70. The van der Waals surface area contributed by atoms with Gasteiger partial charge in [-0.1, -0.05) is 50.2 Å². The van der Waals surface area contributed by atoms with E-state index in [1.54, 1.807) is 29.1 Å². The van der Waals surface area contributed by atoms with E-state index in [2.05, 4.69) is 23.7 Å². The Morgan fingerprint density at radius 3 is 2.41 bits per heavy atom. The molecule has 5 nitrogen and oxygen atoms in total. The van der Waals surface area contributed by atoms with Gasteiger partial charge in [0.1, 0.15) is 0 Å². The van der Waals surface area contributed by atoms with Crippen LogP contribution in [-0.2, 0) is 23.0 Å². The Hall–Kier alpha value is -2.60. The van der Waals surface area contributed by atoms with E-state index in [1.807, 2.05) is 43.3 Å². The number of anilines is 1. The summed E-state index contributed by atoms with van der Waals surface area (Å²) in [5, 5.41) is 4.34. The van der Waals surface area contributed by atoms with Crippen molar-refractivity contribution in [2.45, 2.75) is 38.6 Å². The van der Waals surface area contributed by atoms with E-state index in [-0.39, 0.29) is 4.90 Å². The summed E-state index contributed by atoms with van der Waals surface area (Å²) >= 11 is 0. The molecule has 0 radical (unpaired) electrons. The highest BCUT2D eigenvalue weighted by Crippen LogP contribution is 2.17. The Morgan fingerprint density at radius 1 is 1.04 bits per heavy atom. The molecule has 0 amide bonds. The predicted octanol–water partition coefficient (Wildman–Crippen LogP) is 4.24. The minimum atomic E-state index is -3.65. The molecule has 0 aliphatic rings. The molecule has 0 spiro atoms. The second kappa shape index (κ2) is 7.96. The molecule has 0 bridgehead atoms. The lowest BCUT2D eigenvalue weighted by Crippen LogP contribution is -2.14. The molecule has 1 heterocycles. The molecule has 3 rings (SSSR count). The van der Waals surface area contributed by atoms with Crippen LogP contribution in [0.2, 0.25) is 0 Å². The van der Waals surface area contributed by atoms with E-state index in [4.69, 9.17) is 0 Å². The van der Waals surface area contributed by atoms with Crippen molar-refractivity contribution in [2.24, 2.45) is 5.92 Å². The molecule has 6 heteroatoms. The minimum Gasteiger partial charge on any atom is -0.266 e. The number of rotatable bonds is 7. The van der Waals surface area contributed by atoms with Crippen LogP contribution in [0.25, 0.3) is 0 Å². The van der Waals surface area contributed by atoms with Crippen LogP contribution in [-0.4, -0.2) is 18.2 Å². The summed E-state index contributed by atoms with van der Waals surface area (Å²) in [6, 6.07) is 16.8. The van der Waals surface area contributed by atoms with Gasteiger partial charge in [-0.2, -0.15) is 5.10 Å². The van der Waals surface area contributed by atoms with Gasteiger partial charge in [-0.05, 0) is 48.1 Å². The van der Waals surface area contributed by atoms with Gasteiger partial charge in [-0.25, -0.2) is 8.42 Å². The standard InChI is InChI=1S/C21H25N3O2S/c1-16(2)14-18-8-10-20(11-9-18)27(25,26)23-21-12-13-24(22-21)15-19-7-5-4-6-17(19)3/h4-13,16H,14-15H2,1-3H3,(H,22,23). The number of hydrogen-bond donors (Lipinski definition) is 1. The normalized spacial score (nSPS) is 11.7. The fourth-order valence-corrected chi connectivity index (χ4v) is 3.94. The van der Waals surface area contributed by atoms with Gasteiger partial charge in [0.25, 0.3) is 10.0 Å². The number of aromatic nitrogens is 2. The summed E-state index contributed by atoms with van der Waals surface area (Å²) < 4.78 is 29.5. The largest absolute Gasteiger partial charge is 0.266 e. The van der Waals surface area contributed by atoms with Gasteiger partial charge in [0.2, 0.25) is 0 Å². The zero-order valence-corrected chi connectivity index (χ0v) is 16.7. The average molecular weight is 384 g/mol. The summed E-state index contributed by atoms with van der Waals surface area (Å²) in [4.78, 5) is 0.239. The third kappa shape index (κ3) is 4.98. The molecule has 0 unspecified atom stereocenters. The lowest BCUT2D eigenvalue weighted by atomic mass is 10.0. The lowest BCUT2D eigenvalue weighted by Gasteiger charge is -2.08. The van der Waals surface area contributed by atoms with Crippen molar-refractivity contribution in [3.05, 3.63) is 77.5 Å². The summed E-state index contributed by atoms with van der Waals surface area (Å²) in [7, 11) is -3.65. The summed E-state index contributed by atoms with van der Waals surface area (Å²) in [5.41, 5.74) is 3.46.